The molecule has 0 unspecified atom stereocenters. The van der Waals surface area contributed by atoms with Crippen molar-refractivity contribution in [2.24, 2.45) is 5.73 Å². The molecule has 1 fully saturated rings. The fourth-order valence-corrected chi connectivity index (χ4v) is 6.34. The standard InChI is InChI=1S/C20H19ClN4O3S2.C2HF3O2/c21-15-5-4-13-9-18(29-17(13)10-15)30(27,28)24-16-6-7-25(20(16)26)11-12-2-1-3-14(8-12)19(22)23;3-2(4,5)1(6)7/h1-5,8-10,16,24H,6-7,11H2,(H3,22,23);(H,6,7)/t16-;/m0./s1. The van der Waals surface area contributed by atoms with Crippen molar-refractivity contribution < 1.29 is 36.3 Å². The molecule has 3 aromatic rings. The lowest BCUT2D eigenvalue weighted by Crippen LogP contribution is -2.41. The van der Waals surface area contributed by atoms with Gasteiger partial charge in [-0.2, -0.15) is 17.9 Å². The number of thiophene rings is 1. The first-order valence-electron chi connectivity index (χ1n) is 10.4. The van der Waals surface area contributed by atoms with E-state index >= 15 is 0 Å². The molecule has 5 N–H and O–H groups in total. The lowest BCUT2D eigenvalue weighted by atomic mass is 10.1. The Kier molecular flexibility index (Phi) is 8.47. The number of carboxylic acid groups (broad SMARTS) is 1. The summed E-state index contributed by atoms with van der Waals surface area (Å²) in [5.74, 6) is -3.07. The maximum atomic E-state index is 12.8. The van der Waals surface area contributed by atoms with Crippen molar-refractivity contribution in [3.63, 3.8) is 0 Å². The maximum absolute atomic E-state index is 12.8. The summed E-state index contributed by atoms with van der Waals surface area (Å²) in [7, 11) is -3.83. The molecule has 1 atom stereocenters. The first kappa shape index (κ1) is 28.4. The van der Waals surface area contributed by atoms with E-state index in [2.05, 4.69) is 4.72 Å². The number of sulfonamides is 1. The number of aliphatic carboxylic acids is 1. The van der Waals surface area contributed by atoms with Crippen LogP contribution >= 0.6 is 22.9 Å². The molecule has 1 aliphatic rings. The predicted octanol–water partition coefficient (Wildman–Crippen LogP) is 3.55. The number of hydrogen-bond donors (Lipinski definition) is 4. The average Bonchev–Trinajstić information content (AvgIpc) is 3.38. The highest BCUT2D eigenvalue weighted by molar-refractivity contribution is 7.91. The number of carbonyl (C=O) groups is 2. The molecular weight excluding hydrogens is 557 g/mol. The number of nitrogens with two attached hydrogens (primary N) is 1. The number of nitrogens with one attached hydrogen (secondary N) is 2. The van der Waals surface area contributed by atoms with Gasteiger partial charge in [0.1, 0.15) is 16.1 Å². The Morgan fingerprint density at radius 1 is 1.24 bits per heavy atom. The third-order valence-electron chi connectivity index (χ3n) is 5.17. The summed E-state index contributed by atoms with van der Waals surface area (Å²) in [5.41, 5.74) is 6.94. The van der Waals surface area contributed by atoms with Crippen LogP contribution < -0.4 is 10.5 Å². The largest absolute Gasteiger partial charge is 0.490 e. The topological polar surface area (TPSA) is 154 Å². The molecule has 1 aromatic heterocycles. The Bertz CT molecular complexity index is 1460. The van der Waals surface area contributed by atoms with E-state index < -0.39 is 28.2 Å². The van der Waals surface area contributed by atoms with Crippen LogP contribution in [0.4, 0.5) is 13.2 Å². The van der Waals surface area contributed by atoms with E-state index in [-0.39, 0.29) is 16.0 Å². The zero-order valence-electron chi connectivity index (χ0n) is 18.8. The Morgan fingerprint density at radius 3 is 2.54 bits per heavy atom. The molecule has 1 saturated heterocycles. The van der Waals surface area contributed by atoms with Gasteiger partial charge in [0, 0.05) is 28.4 Å². The number of amides is 1. The Balaban J connectivity index is 0.000000479. The molecule has 37 heavy (non-hydrogen) atoms. The summed E-state index contributed by atoms with van der Waals surface area (Å²) in [5, 5.41) is 16.0. The van der Waals surface area contributed by atoms with Gasteiger partial charge in [0.2, 0.25) is 5.91 Å². The van der Waals surface area contributed by atoms with Crippen LogP contribution in [-0.2, 0) is 26.2 Å². The third-order valence-corrected chi connectivity index (χ3v) is 8.45. The fourth-order valence-electron chi connectivity index (χ4n) is 3.42. The summed E-state index contributed by atoms with van der Waals surface area (Å²) < 4.78 is 60.9. The van der Waals surface area contributed by atoms with Gasteiger partial charge in [-0.15, -0.1) is 11.3 Å². The number of nitrogens with zero attached hydrogens (tertiary/aromatic N) is 1. The molecule has 1 aliphatic heterocycles. The van der Waals surface area contributed by atoms with E-state index in [1.54, 1.807) is 47.4 Å². The minimum atomic E-state index is -5.08. The third kappa shape index (κ3) is 7.19. The van der Waals surface area contributed by atoms with E-state index in [1.165, 1.54) is 0 Å². The minimum absolute atomic E-state index is 0.0418. The summed E-state index contributed by atoms with van der Waals surface area (Å²) in [6.45, 7) is 0.776. The molecule has 0 saturated carbocycles. The predicted molar refractivity (Wildman–Crippen MR) is 132 cm³/mol. The second-order valence-corrected chi connectivity index (χ2v) is 11.3. The van der Waals surface area contributed by atoms with Gasteiger partial charge in [-0.25, -0.2) is 13.2 Å². The maximum Gasteiger partial charge on any atom is 0.490 e. The van der Waals surface area contributed by atoms with Gasteiger partial charge in [-0.3, -0.25) is 10.2 Å². The molecule has 2 heterocycles. The van der Waals surface area contributed by atoms with Crippen molar-refractivity contribution in [1.82, 2.24) is 9.62 Å². The Labute approximate surface area is 218 Å². The molecule has 15 heteroatoms. The van der Waals surface area contributed by atoms with E-state index in [0.29, 0.717) is 30.1 Å². The number of nitrogen functional groups attached to an aromatic ring is 1. The van der Waals surface area contributed by atoms with Gasteiger partial charge in [0.05, 0.1) is 0 Å². The summed E-state index contributed by atoms with van der Waals surface area (Å²) in [4.78, 5) is 23.3. The van der Waals surface area contributed by atoms with Gasteiger partial charge < -0.3 is 15.7 Å². The van der Waals surface area contributed by atoms with Crippen molar-refractivity contribution in [2.75, 3.05) is 6.54 Å². The van der Waals surface area contributed by atoms with Crippen LogP contribution in [-0.4, -0.2) is 54.9 Å². The normalized spacial score (nSPS) is 15.9. The van der Waals surface area contributed by atoms with E-state index in [0.717, 1.165) is 27.0 Å². The highest BCUT2D eigenvalue weighted by atomic mass is 35.5. The van der Waals surface area contributed by atoms with Crippen LogP contribution in [0.2, 0.25) is 5.02 Å². The first-order valence-corrected chi connectivity index (χ1v) is 13.1. The molecular formula is C22H20ClF3N4O5S2. The quantitative estimate of drug-likeness (QED) is 0.260. The fraction of sp³-hybridized carbons (Fsp3) is 0.227. The average molecular weight is 577 g/mol. The van der Waals surface area contributed by atoms with Crippen molar-refractivity contribution in [3.8, 4) is 0 Å². The monoisotopic (exact) mass is 576 g/mol. The van der Waals surface area contributed by atoms with Crippen LogP contribution in [0, 0.1) is 5.41 Å². The summed E-state index contributed by atoms with van der Waals surface area (Å²) in [6, 6.07) is 13.1. The lowest BCUT2D eigenvalue weighted by molar-refractivity contribution is -0.192. The molecule has 9 nitrogen and oxygen atoms in total. The first-order chi connectivity index (χ1) is 17.2. The molecule has 1 amide bonds. The van der Waals surface area contributed by atoms with Crippen LogP contribution in [0.1, 0.15) is 17.5 Å². The van der Waals surface area contributed by atoms with E-state index in [9.17, 15) is 26.4 Å². The number of halogens is 4. The van der Waals surface area contributed by atoms with Gasteiger partial charge in [0.15, 0.2) is 0 Å². The van der Waals surface area contributed by atoms with Crippen LogP contribution in [0.15, 0.2) is 52.7 Å². The van der Waals surface area contributed by atoms with E-state index in [4.69, 9.17) is 32.6 Å². The van der Waals surface area contributed by atoms with Crippen LogP contribution in [0.3, 0.4) is 0 Å². The molecule has 198 valence electrons. The highest BCUT2D eigenvalue weighted by Gasteiger charge is 2.38. The Morgan fingerprint density at radius 2 is 1.92 bits per heavy atom. The van der Waals surface area contributed by atoms with Gasteiger partial charge in [-0.1, -0.05) is 35.9 Å². The second kappa shape index (κ2) is 11.0. The number of benzene rings is 2. The molecule has 0 bridgehead atoms. The number of alkyl halides is 3. The van der Waals surface area contributed by atoms with Gasteiger partial charge in [-0.05, 0) is 41.6 Å². The molecule has 0 aliphatic carbocycles. The summed E-state index contributed by atoms with van der Waals surface area (Å²) in [6.07, 6.45) is -4.69. The van der Waals surface area contributed by atoms with Crippen LogP contribution in [0.25, 0.3) is 10.1 Å². The molecule has 0 spiro atoms. The van der Waals surface area contributed by atoms with Crippen molar-refractivity contribution in [1.29, 1.82) is 5.41 Å². The van der Waals surface area contributed by atoms with Gasteiger partial charge in [0.25, 0.3) is 10.0 Å². The SMILES string of the molecule is N=C(N)c1cccc(CN2CC[C@H](NS(=O)(=O)c3cc4ccc(Cl)cc4s3)C2=O)c1.O=C(O)C(F)(F)F. The number of rotatable bonds is 6. The van der Waals surface area contributed by atoms with Crippen LogP contribution in [0.5, 0.6) is 0 Å². The number of carbonyl (C=O) groups excluding carboxylic acids is 1. The Hall–Kier alpha value is -3.20. The second-order valence-electron chi connectivity index (χ2n) is 7.89. The summed E-state index contributed by atoms with van der Waals surface area (Å²) >= 11 is 7.10. The smallest absolute Gasteiger partial charge is 0.475 e. The zero-order chi connectivity index (χ0) is 27.5. The number of hydrogen-bond acceptors (Lipinski definition) is 6. The zero-order valence-corrected chi connectivity index (χ0v) is 21.1. The highest BCUT2D eigenvalue weighted by Crippen LogP contribution is 2.31. The molecule has 4 rings (SSSR count). The van der Waals surface area contributed by atoms with E-state index in [1.807, 2.05) is 6.07 Å². The number of likely N-dealkylation sites (tertiary alicyclic amines) is 1. The van der Waals surface area contributed by atoms with Crippen molar-refractivity contribution in [3.05, 3.63) is 64.7 Å². The number of fused-ring (bicyclic) bond motifs is 1. The van der Waals surface area contributed by atoms with Crippen molar-refractivity contribution in [2.45, 2.75) is 29.4 Å². The van der Waals surface area contributed by atoms with Gasteiger partial charge >= 0.3 is 12.1 Å². The number of carboxylic acids is 1. The lowest BCUT2D eigenvalue weighted by Gasteiger charge is -2.17. The number of amidine groups is 1. The molecule has 2 aromatic carbocycles. The van der Waals surface area contributed by atoms with Crippen molar-refractivity contribution >= 4 is 60.8 Å². The molecule has 0 radical (unpaired) electrons. The minimum Gasteiger partial charge on any atom is -0.475 e.